The Kier molecular flexibility index (Phi) is 6.30. The van der Waals surface area contributed by atoms with Crippen molar-refractivity contribution in [1.82, 2.24) is 14.2 Å². The minimum Gasteiger partial charge on any atom is -0.506 e. The highest BCUT2D eigenvalue weighted by atomic mass is 32.2. The fourth-order valence-electron chi connectivity index (χ4n) is 2.37. The maximum absolute atomic E-state index is 11.8. The molecule has 1 aliphatic heterocycles. The van der Waals surface area contributed by atoms with Crippen LogP contribution in [0.1, 0.15) is 26.3 Å². The molecule has 4 N–H and O–H groups in total. The van der Waals surface area contributed by atoms with Crippen LogP contribution in [0.25, 0.3) is 0 Å². The summed E-state index contributed by atoms with van der Waals surface area (Å²) in [5.74, 6) is -1.11. The maximum atomic E-state index is 11.8. The zero-order valence-corrected chi connectivity index (χ0v) is 17.6. The van der Waals surface area contributed by atoms with E-state index in [0.717, 1.165) is 4.31 Å². The first-order valence-electron chi connectivity index (χ1n) is 8.34. The fourth-order valence-corrected chi connectivity index (χ4v) is 4.24. The largest absolute Gasteiger partial charge is 0.506 e. The van der Waals surface area contributed by atoms with Gasteiger partial charge in [0.15, 0.2) is 0 Å². The number of anilines is 1. The minimum atomic E-state index is -4.15. The minimum absolute atomic E-state index is 0.0840. The van der Waals surface area contributed by atoms with Crippen molar-refractivity contribution in [3.8, 4) is 5.75 Å². The van der Waals surface area contributed by atoms with E-state index in [-0.39, 0.29) is 18.7 Å². The first-order valence-corrected chi connectivity index (χ1v) is 11.3. The summed E-state index contributed by atoms with van der Waals surface area (Å²) in [7, 11) is -8.20. The molecule has 1 heterocycles. The van der Waals surface area contributed by atoms with E-state index in [2.05, 4.69) is 4.72 Å². The number of phenols is 1. The van der Waals surface area contributed by atoms with Crippen LogP contribution in [0.4, 0.5) is 10.5 Å². The van der Waals surface area contributed by atoms with Crippen molar-refractivity contribution in [2.45, 2.75) is 32.8 Å². The first kappa shape index (κ1) is 22.7. The summed E-state index contributed by atoms with van der Waals surface area (Å²) in [4.78, 5) is 22.8. The number of nitrogens with zero attached hydrogens (tertiary/aromatic N) is 1. The molecule has 12 nitrogen and oxygen atoms in total. The van der Waals surface area contributed by atoms with Crippen LogP contribution in [0.2, 0.25) is 0 Å². The number of amides is 2. The Morgan fingerprint density at radius 2 is 2.00 bits per heavy atom. The second-order valence-electron chi connectivity index (χ2n) is 7.11. The molecule has 2 rings (SSSR count). The van der Waals surface area contributed by atoms with Gasteiger partial charge in [0.1, 0.15) is 17.9 Å². The molecular formula is C15H22N4O8S2. The topological polar surface area (TPSA) is 171 Å². The van der Waals surface area contributed by atoms with Gasteiger partial charge in [-0.3, -0.25) is 4.79 Å². The normalized spacial score (nSPS) is 16.4. The van der Waals surface area contributed by atoms with Crippen molar-refractivity contribution in [1.29, 1.82) is 0 Å². The summed E-state index contributed by atoms with van der Waals surface area (Å²) in [5.41, 5.74) is -0.455. The molecule has 0 aromatic heterocycles. The van der Waals surface area contributed by atoms with Gasteiger partial charge in [-0.15, -0.1) is 0 Å². The van der Waals surface area contributed by atoms with Gasteiger partial charge in [0.2, 0.25) is 0 Å². The average molecular weight is 450 g/mol. The second-order valence-corrected chi connectivity index (χ2v) is 10.2. The molecule has 0 spiro atoms. The van der Waals surface area contributed by atoms with Crippen LogP contribution in [-0.4, -0.2) is 52.6 Å². The molecule has 2 amide bonds. The highest BCUT2D eigenvalue weighted by Crippen LogP contribution is 2.31. The molecule has 29 heavy (non-hydrogen) atoms. The smallest absolute Gasteiger partial charge is 0.422 e. The van der Waals surface area contributed by atoms with E-state index in [4.69, 9.17) is 4.74 Å². The van der Waals surface area contributed by atoms with Gasteiger partial charge < -0.3 is 9.84 Å². The predicted octanol–water partition coefficient (Wildman–Crippen LogP) is -0.525. The van der Waals surface area contributed by atoms with E-state index in [1.54, 1.807) is 30.2 Å². The third-order valence-electron chi connectivity index (χ3n) is 3.45. The summed E-state index contributed by atoms with van der Waals surface area (Å²) < 4.78 is 58.5. The number of carbonyl (C=O) groups is 2. The molecule has 0 radical (unpaired) electrons. The number of carbonyl (C=O) groups excluding carboxylic acids is 2. The molecule has 0 atom stereocenters. The molecule has 0 unspecified atom stereocenters. The number of aromatic hydroxyl groups is 1. The lowest BCUT2D eigenvalue weighted by Crippen LogP contribution is -2.43. The van der Waals surface area contributed by atoms with Gasteiger partial charge >= 0.3 is 26.5 Å². The Morgan fingerprint density at radius 3 is 2.52 bits per heavy atom. The average Bonchev–Trinajstić information content (AvgIpc) is 2.77. The Balaban J connectivity index is 1.96. The van der Waals surface area contributed by atoms with Crippen LogP contribution in [0.15, 0.2) is 18.2 Å². The van der Waals surface area contributed by atoms with Crippen molar-refractivity contribution in [3.05, 3.63) is 23.8 Å². The van der Waals surface area contributed by atoms with Gasteiger partial charge in [-0.25, -0.2) is 18.5 Å². The quantitative estimate of drug-likeness (QED) is 0.448. The van der Waals surface area contributed by atoms with Crippen LogP contribution in [-0.2, 0) is 36.4 Å². The molecule has 14 heteroatoms. The van der Waals surface area contributed by atoms with Crippen LogP contribution in [0.3, 0.4) is 0 Å². The third-order valence-corrected chi connectivity index (χ3v) is 5.86. The van der Waals surface area contributed by atoms with Crippen LogP contribution in [0, 0.1) is 0 Å². The molecule has 1 aromatic rings. The van der Waals surface area contributed by atoms with E-state index in [9.17, 15) is 31.5 Å². The molecule has 162 valence electrons. The highest BCUT2D eigenvalue weighted by Gasteiger charge is 2.35. The van der Waals surface area contributed by atoms with E-state index < -0.39 is 50.3 Å². The van der Waals surface area contributed by atoms with Gasteiger partial charge in [-0.2, -0.15) is 21.6 Å². The van der Waals surface area contributed by atoms with Crippen LogP contribution < -0.4 is 18.5 Å². The highest BCUT2D eigenvalue weighted by molar-refractivity contribution is 7.92. The SMILES string of the molecule is CC(C)(C)OC(=O)NS(=O)(=O)NCCc1ccc(N2CC(=O)NS2(=O)=O)c(O)c1. The number of hydrogen-bond donors (Lipinski definition) is 4. The summed E-state index contributed by atoms with van der Waals surface area (Å²) >= 11 is 0. The second kappa shape index (κ2) is 8.04. The van der Waals surface area contributed by atoms with Crippen LogP contribution >= 0.6 is 0 Å². The lowest BCUT2D eigenvalue weighted by atomic mass is 10.1. The Bertz CT molecular complexity index is 1020. The summed E-state index contributed by atoms with van der Waals surface area (Å²) in [5, 5.41) is 10.1. The van der Waals surface area contributed by atoms with Gasteiger partial charge in [-0.05, 0) is 44.9 Å². The number of phenolic OH excluding ortho intramolecular Hbond substituents is 1. The molecule has 0 saturated carbocycles. The van der Waals surface area contributed by atoms with E-state index in [1.807, 2.05) is 0 Å². The Labute approximate surface area is 168 Å². The summed E-state index contributed by atoms with van der Waals surface area (Å²) in [6, 6.07) is 4.03. The van der Waals surface area contributed by atoms with E-state index in [0.29, 0.717) is 5.56 Å². The molecule has 1 saturated heterocycles. The van der Waals surface area contributed by atoms with Crippen LogP contribution in [0.5, 0.6) is 5.75 Å². The fraction of sp³-hybridized carbons (Fsp3) is 0.467. The standard InChI is InChI=1S/C15H22N4O8S2/c1-15(2,3)27-14(22)18-28(23,24)16-7-6-10-4-5-11(12(20)8-10)19-9-13(21)17-29(19,25)26/h4-5,8,16,20H,6-7,9H2,1-3H3,(H,17,21)(H,18,22). The zero-order chi connectivity index (χ0) is 22.0. The lowest BCUT2D eigenvalue weighted by Gasteiger charge is -2.19. The molecule has 0 bridgehead atoms. The first-order chi connectivity index (χ1) is 13.2. The number of benzene rings is 1. The number of hydrogen-bond acceptors (Lipinski definition) is 8. The van der Waals surface area contributed by atoms with Crippen molar-refractivity contribution < 1.29 is 36.3 Å². The summed E-state index contributed by atoms with van der Waals surface area (Å²) in [6.07, 6.45) is -0.991. The third kappa shape index (κ3) is 6.47. The number of nitrogens with one attached hydrogen (secondary N) is 3. The molecule has 1 aliphatic rings. The number of rotatable bonds is 6. The van der Waals surface area contributed by atoms with Gasteiger partial charge in [0.05, 0.1) is 5.69 Å². The van der Waals surface area contributed by atoms with E-state index >= 15 is 0 Å². The molecule has 1 aromatic carbocycles. The number of ether oxygens (including phenoxy) is 1. The lowest BCUT2D eigenvalue weighted by molar-refractivity contribution is -0.117. The van der Waals surface area contributed by atoms with Crippen molar-refractivity contribution >= 4 is 38.1 Å². The zero-order valence-electron chi connectivity index (χ0n) is 15.9. The van der Waals surface area contributed by atoms with Gasteiger partial charge in [0, 0.05) is 6.54 Å². The van der Waals surface area contributed by atoms with Crippen molar-refractivity contribution in [2.24, 2.45) is 0 Å². The van der Waals surface area contributed by atoms with Crippen molar-refractivity contribution in [3.63, 3.8) is 0 Å². The Hall–Kier alpha value is -2.58. The predicted molar refractivity (Wildman–Crippen MR) is 103 cm³/mol. The molecular weight excluding hydrogens is 428 g/mol. The molecule has 0 aliphatic carbocycles. The van der Waals surface area contributed by atoms with Crippen molar-refractivity contribution in [2.75, 3.05) is 17.4 Å². The monoisotopic (exact) mass is 450 g/mol. The Morgan fingerprint density at radius 1 is 1.34 bits per heavy atom. The van der Waals surface area contributed by atoms with Gasteiger partial charge in [0.25, 0.3) is 5.91 Å². The maximum Gasteiger partial charge on any atom is 0.422 e. The molecule has 1 fully saturated rings. The summed E-state index contributed by atoms with van der Waals surface area (Å²) in [6.45, 7) is 4.19. The van der Waals surface area contributed by atoms with Gasteiger partial charge in [-0.1, -0.05) is 6.07 Å². The van der Waals surface area contributed by atoms with E-state index in [1.165, 1.54) is 18.2 Å².